The first-order chi connectivity index (χ1) is 8.24. The topological polar surface area (TPSA) is 48.7 Å². The van der Waals surface area contributed by atoms with Crippen LogP contribution in [0.25, 0.3) is 0 Å². The molecule has 2 rings (SSSR count). The molecule has 0 saturated carbocycles. The second kappa shape index (κ2) is 5.41. The lowest BCUT2D eigenvalue weighted by Crippen LogP contribution is -1.89. The normalized spacial score (nSPS) is 9.94. The SMILES string of the molecule is CSc1ccc(Nc2snc(Cl)c2C#N)cc1. The Labute approximate surface area is 113 Å². The molecule has 0 spiro atoms. The summed E-state index contributed by atoms with van der Waals surface area (Å²) < 4.78 is 3.94. The molecule has 0 bridgehead atoms. The van der Waals surface area contributed by atoms with E-state index in [2.05, 4.69) is 9.69 Å². The molecule has 0 fully saturated rings. The summed E-state index contributed by atoms with van der Waals surface area (Å²) in [7, 11) is 0. The first kappa shape index (κ1) is 12.2. The molecule has 1 aromatic carbocycles. The number of nitrogens with one attached hydrogen (secondary N) is 1. The number of halogens is 1. The Bertz CT molecular complexity index is 557. The standard InChI is InChI=1S/C11H8ClN3S2/c1-16-8-4-2-7(3-5-8)14-11-9(6-13)10(12)15-17-11/h2-5,14H,1H3. The molecule has 0 unspecified atom stereocenters. The van der Waals surface area contributed by atoms with E-state index < -0.39 is 0 Å². The van der Waals surface area contributed by atoms with Crippen LogP contribution in [0.5, 0.6) is 0 Å². The van der Waals surface area contributed by atoms with Gasteiger partial charge in [-0.25, -0.2) is 0 Å². The zero-order chi connectivity index (χ0) is 12.3. The number of hydrogen-bond donors (Lipinski definition) is 1. The van der Waals surface area contributed by atoms with Gasteiger partial charge in [-0.1, -0.05) is 11.6 Å². The smallest absolute Gasteiger partial charge is 0.162 e. The molecule has 17 heavy (non-hydrogen) atoms. The third kappa shape index (κ3) is 2.72. The quantitative estimate of drug-likeness (QED) is 0.859. The summed E-state index contributed by atoms with van der Waals surface area (Å²) in [5, 5.41) is 13.0. The molecule has 3 nitrogen and oxygen atoms in total. The minimum absolute atomic E-state index is 0.251. The van der Waals surface area contributed by atoms with Gasteiger partial charge in [0, 0.05) is 10.6 Å². The number of hydrogen-bond acceptors (Lipinski definition) is 5. The van der Waals surface area contributed by atoms with E-state index in [0.717, 1.165) is 5.69 Å². The van der Waals surface area contributed by atoms with Gasteiger partial charge in [0.15, 0.2) is 5.15 Å². The van der Waals surface area contributed by atoms with E-state index in [1.54, 1.807) is 11.8 Å². The van der Waals surface area contributed by atoms with Crippen molar-refractivity contribution < 1.29 is 0 Å². The molecule has 0 aliphatic heterocycles. The van der Waals surface area contributed by atoms with Crippen molar-refractivity contribution in [1.82, 2.24) is 4.37 Å². The second-order valence-electron chi connectivity index (χ2n) is 3.14. The molecule has 0 aliphatic carbocycles. The summed E-state index contributed by atoms with van der Waals surface area (Å²) >= 11 is 8.66. The molecule has 0 atom stereocenters. The monoisotopic (exact) mass is 281 g/mol. The predicted octanol–water partition coefficient (Wildman–Crippen LogP) is 4.13. The molecule has 2 aromatic rings. The highest BCUT2D eigenvalue weighted by molar-refractivity contribution is 7.98. The van der Waals surface area contributed by atoms with Crippen LogP contribution in [0.3, 0.4) is 0 Å². The number of nitriles is 1. The number of anilines is 2. The molecule has 1 aromatic heterocycles. The van der Waals surface area contributed by atoms with Gasteiger partial charge in [0.2, 0.25) is 0 Å². The fraction of sp³-hybridized carbons (Fsp3) is 0.0909. The molecule has 0 radical (unpaired) electrons. The van der Waals surface area contributed by atoms with E-state index in [-0.39, 0.29) is 5.15 Å². The van der Waals surface area contributed by atoms with Crippen LogP contribution in [-0.2, 0) is 0 Å². The van der Waals surface area contributed by atoms with Gasteiger partial charge >= 0.3 is 0 Å². The first-order valence-corrected chi connectivity index (χ1v) is 7.08. The van der Waals surface area contributed by atoms with Crippen molar-refractivity contribution in [2.24, 2.45) is 0 Å². The van der Waals surface area contributed by atoms with Crippen LogP contribution in [0, 0.1) is 11.3 Å². The lowest BCUT2D eigenvalue weighted by molar-refractivity contribution is 1.44. The Morgan fingerprint density at radius 2 is 2.12 bits per heavy atom. The summed E-state index contributed by atoms with van der Waals surface area (Å²) in [5.74, 6) is 0. The van der Waals surface area contributed by atoms with Crippen LogP contribution in [0.1, 0.15) is 5.56 Å². The van der Waals surface area contributed by atoms with Crippen molar-refractivity contribution in [2.75, 3.05) is 11.6 Å². The maximum absolute atomic E-state index is 8.94. The number of aromatic nitrogens is 1. The van der Waals surface area contributed by atoms with Crippen molar-refractivity contribution in [1.29, 1.82) is 5.26 Å². The van der Waals surface area contributed by atoms with Gasteiger partial charge < -0.3 is 5.32 Å². The fourth-order valence-electron chi connectivity index (χ4n) is 1.26. The number of nitrogens with zero attached hydrogens (tertiary/aromatic N) is 2. The summed E-state index contributed by atoms with van der Waals surface area (Å²) in [6.07, 6.45) is 2.03. The van der Waals surface area contributed by atoms with Crippen LogP contribution in [0.4, 0.5) is 10.7 Å². The Kier molecular flexibility index (Phi) is 3.89. The Hall–Kier alpha value is -1.22. The summed E-state index contributed by atoms with van der Waals surface area (Å²) in [4.78, 5) is 1.19. The Morgan fingerprint density at radius 1 is 1.41 bits per heavy atom. The molecule has 0 aliphatic rings. The third-order valence-corrected chi connectivity index (χ3v) is 3.99. The predicted molar refractivity (Wildman–Crippen MR) is 73.3 cm³/mol. The first-order valence-electron chi connectivity index (χ1n) is 4.71. The van der Waals surface area contributed by atoms with Gasteiger partial charge in [-0.2, -0.15) is 9.64 Å². The highest BCUT2D eigenvalue weighted by Gasteiger charge is 2.11. The molecular formula is C11H8ClN3S2. The molecule has 0 amide bonds. The highest BCUT2D eigenvalue weighted by atomic mass is 35.5. The van der Waals surface area contributed by atoms with E-state index in [1.165, 1.54) is 16.4 Å². The lowest BCUT2D eigenvalue weighted by Gasteiger charge is -2.04. The van der Waals surface area contributed by atoms with E-state index in [0.29, 0.717) is 10.6 Å². The average molecular weight is 282 g/mol. The summed E-state index contributed by atoms with van der Waals surface area (Å²) in [6, 6.07) is 9.99. The van der Waals surface area contributed by atoms with Crippen molar-refractivity contribution in [3.8, 4) is 6.07 Å². The maximum atomic E-state index is 8.94. The molecular weight excluding hydrogens is 274 g/mol. The second-order valence-corrected chi connectivity index (χ2v) is 5.15. The van der Waals surface area contributed by atoms with Crippen LogP contribution in [-0.4, -0.2) is 10.6 Å². The van der Waals surface area contributed by atoms with Crippen LogP contribution >= 0.6 is 34.9 Å². The van der Waals surface area contributed by atoms with E-state index in [4.69, 9.17) is 16.9 Å². The van der Waals surface area contributed by atoms with Crippen LogP contribution in [0.15, 0.2) is 29.2 Å². The van der Waals surface area contributed by atoms with Crippen LogP contribution < -0.4 is 5.32 Å². The fourth-order valence-corrected chi connectivity index (χ4v) is 2.62. The minimum atomic E-state index is 0.251. The third-order valence-electron chi connectivity index (χ3n) is 2.11. The number of benzene rings is 1. The highest BCUT2D eigenvalue weighted by Crippen LogP contribution is 2.30. The number of thioether (sulfide) groups is 1. The zero-order valence-corrected chi connectivity index (χ0v) is 11.3. The Morgan fingerprint density at radius 3 is 2.71 bits per heavy atom. The van der Waals surface area contributed by atoms with Crippen molar-refractivity contribution in [3.63, 3.8) is 0 Å². The van der Waals surface area contributed by atoms with E-state index >= 15 is 0 Å². The van der Waals surface area contributed by atoms with Gasteiger partial charge in [-0.15, -0.1) is 11.8 Å². The van der Waals surface area contributed by atoms with Gasteiger partial charge in [-0.05, 0) is 42.1 Å². The van der Waals surface area contributed by atoms with E-state index in [1.807, 2.05) is 36.6 Å². The van der Waals surface area contributed by atoms with Crippen molar-refractivity contribution in [3.05, 3.63) is 35.0 Å². The van der Waals surface area contributed by atoms with Gasteiger partial charge in [0.25, 0.3) is 0 Å². The van der Waals surface area contributed by atoms with Crippen molar-refractivity contribution >= 4 is 45.6 Å². The van der Waals surface area contributed by atoms with Gasteiger partial charge in [0.05, 0.1) is 0 Å². The van der Waals surface area contributed by atoms with E-state index in [9.17, 15) is 0 Å². The average Bonchev–Trinajstić information content (AvgIpc) is 2.71. The molecule has 6 heteroatoms. The largest absolute Gasteiger partial charge is 0.345 e. The molecule has 86 valence electrons. The molecule has 1 N–H and O–H groups in total. The van der Waals surface area contributed by atoms with Gasteiger partial charge in [-0.3, -0.25) is 0 Å². The lowest BCUT2D eigenvalue weighted by atomic mass is 10.3. The van der Waals surface area contributed by atoms with Crippen molar-refractivity contribution in [2.45, 2.75) is 4.90 Å². The maximum Gasteiger partial charge on any atom is 0.162 e. The summed E-state index contributed by atoms with van der Waals surface area (Å²) in [6.45, 7) is 0. The number of rotatable bonds is 3. The van der Waals surface area contributed by atoms with Gasteiger partial charge in [0.1, 0.15) is 16.6 Å². The van der Waals surface area contributed by atoms with Crippen LogP contribution in [0.2, 0.25) is 5.15 Å². The minimum Gasteiger partial charge on any atom is -0.345 e. The molecule has 1 heterocycles. The Balaban J connectivity index is 2.23. The zero-order valence-electron chi connectivity index (χ0n) is 8.90. The summed E-state index contributed by atoms with van der Waals surface area (Å²) in [5.41, 5.74) is 1.31. The molecule has 0 saturated heterocycles.